The minimum atomic E-state index is 0.152. The summed E-state index contributed by atoms with van der Waals surface area (Å²) in [6.07, 6.45) is 12.2. The summed E-state index contributed by atoms with van der Waals surface area (Å²) in [6, 6.07) is 0. The summed E-state index contributed by atoms with van der Waals surface area (Å²) in [7, 11) is 0. The van der Waals surface area contributed by atoms with Gasteiger partial charge in [0.05, 0.1) is 5.69 Å². The second-order valence-corrected chi connectivity index (χ2v) is 7.13. The molecule has 2 aliphatic rings. The van der Waals surface area contributed by atoms with E-state index < -0.39 is 0 Å². The van der Waals surface area contributed by atoms with Crippen LogP contribution >= 0.6 is 0 Å². The number of pyridine rings is 1. The monoisotopic (exact) mass is 314 g/mol. The zero-order valence-electron chi connectivity index (χ0n) is 14.7. The van der Waals surface area contributed by atoms with Crippen molar-refractivity contribution in [2.45, 2.75) is 84.5 Å². The first-order valence-corrected chi connectivity index (χ1v) is 9.58. The lowest BCUT2D eigenvalue weighted by molar-refractivity contribution is -0.120. The Morgan fingerprint density at radius 1 is 1.04 bits per heavy atom. The number of amides is 1. The predicted molar refractivity (Wildman–Crippen MR) is 94.8 cm³/mol. The standard InChI is InChI=1S/C20H30N2O/c1-3-5-9-14(4-2)20(23)22-19-15-10-6-7-12-17(15)21-18-13-8-11-16(18)19/h14H,3-13H2,1-2H3,(H,21,22,23)/t14-/m1/s1. The lowest BCUT2D eigenvalue weighted by atomic mass is 9.91. The van der Waals surface area contributed by atoms with E-state index in [0.717, 1.165) is 57.1 Å². The predicted octanol–water partition coefficient (Wildman–Crippen LogP) is 4.60. The van der Waals surface area contributed by atoms with E-state index >= 15 is 0 Å². The Hall–Kier alpha value is -1.38. The molecule has 1 heterocycles. The number of carbonyl (C=O) groups is 1. The number of nitrogens with zero attached hydrogens (tertiary/aromatic N) is 1. The highest BCUT2D eigenvalue weighted by molar-refractivity contribution is 5.94. The maximum absolute atomic E-state index is 12.8. The van der Waals surface area contributed by atoms with Crippen LogP contribution in [0.4, 0.5) is 5.69 Å². The lowest BCUT2D eigenvalue weighted by Gasteiger charge is -2.24. The second-order valence-electron chi connectivity index (χ2n) is 7.13. The van der Waals surface area contributed by atoms with E-state index in [1.807, 2.05) is 0 Å². The van der Waals surface area contributed by atoms with Gasteiger partial charge in [0.2, 0.25) is 5.91 Å². The van der Waals surface area contributed by atoms with Gasteiger partial charge in [0.1, 0.15) is 0 Å². The minimum absolute atomic E-state index is 0.152. The summed E-state index contributed by atoms with van der Waals surface area (Å²) in [6.45, 7) is 4.32. The number of unbranched alkanes of at least 4 members (excludes halogenated alkanes) is 1. The summed E-state index contributed by atoms with van der Waals surface area (Å²) in [5, 5.41) is 3.35. The van der Waals surface area contributed by atoms with Gasteiger partial charge >= 0.3 is 0 Å². The molecule has 0 saturated heterocycles. The van der Waals surface area contributed by atoms with Crippen LogP contribution in [0.15, 0.2) is 0 Å². The van der Waals surface area contributed by atoms with Crippen molar-refractivity contribution in [2.24, 2.45) is 5.92 Å². The highest BCUT2D eigenvalue weighted by Gasteiger charge is 2.26. The fraction of sp³-hybridized carbons (Fsp3) is 0.700. The van der Waals surface area contributed by atoms with Crippen LogP contribution in [-0.4, -0.2) is 10.9 Å². The molecule has 0 aliphatic heterocycles. The summed E-state index contributed by atoms with van der Waals surface area (Å²) in [5.41, 5.74) is 6.35. The first kappa shape index (κ1) is 16.5. The third-order valence-corrected chi connectivity index (χ3v) is 5.52. The van der Waals surface area contributed by atoms with Crippen molar-refractivity contribution in [2.75, 3.05) is 5.32 Å². The Morgan fingerprint density at radius 2 is 1.70 bits per heavy atom. The smallest absolute Gasteiger partial charge is 0.227 e. The van der Waals surface area contributed by atoms with E-state index in [2.05, 4.69) is 19.2 Å². The first-order valence-electron chi connectivity index (χ1n) is 9.58. The van der Waals surface area contributed by atoms with Crippen LogP contribution in [0.3, 0.4) is 0 Å². The van der Waals surface area contributed by atoms with Crippen molar-refractivity contribution in [3.8, 4) is 0 Å². The number of anilines is 1. The van der Waals surface area contributed by atoms with Crippen LogP contribution in [0.2, 0.25) is 0 Å². The molecule has 0 spiro atoms. The summed E-state index contributed by atoms with van der Waals surface area (Å²) >= 11 is 0. The number of fused-ring (bicyclic) bond motifs is 2. The maximum Gasteiger partial charge on any atom is 0.227 e. The minimum Gasteiger partial charge on any atom is -0.325 e. The van der Waals surface area contributed by atoms with Gasteiger partial charge in [-0.05, 0) is 68.9 Å². The van der Waals surface area contributed by atoms with Crippen LogP contribution in [-0.2, 0) is 30.5 Å². The summed E-state index contributed by atoms with van der Waals surface area (Å²) < 4.78 is 0. The highest BCUT2D eigenvalue weighted by Crippen LogP contribution is 2.36. The third-order valence-electron chi connectivity index (χ3n) is 5.52. The number of aryl methyl sites for hydroxylation is 2. The van der Waals surface area contributed by atoms with Gasteiger partial charge in [-0.1, -0.05) is 26.7 Å². The third kappa shape index (κ3) is 3.44. The first-order chi connectivity index (χ1) is 11.2. The maximum atomic E-state index is 12.8. The van der Waals surface area contributed by atoms with Crippen LogP contribution in [0.1, 0.15) is 81.3 Å². The van der Waals surface area contributed by atoms with Crippen LogP contribution < -0.4 is 5.32 Å². The van der Waals surface area contributed by atoms with Gasteiger partial charge in [-0.15, -0.1) is 0 Å². The number of hydrogen-bond acceptors (Lipinski definition) is 2. The van der Waals surface area contributed by atoms with E-state index in [-0.39, 0.29) is 11.8 Å². The molecule has 126 valence electrons. The lowest BCUT2D eigenvalue weighted by Crippen LogP contribution is -2.25. The molecule has 3 nitrogen and oxygen atoms in total. The molecule has 1 aromatic heterocycles. The van der Waals surface area contributed by atoms with Crippen LogP contribution in [0.25, 0.3) is 0 Å². The van der Waals surface area contributed by atoms with Crippen molar-refractivity contribution in [1.82, 2.24) is 4.98 Å². The molecular formula is C20H30N2O. The Kier molecular flexibility index (Phi) is 5.34. The Balaban J connectivity index is 1.87. The van der Waals surface area contributed by atoms with Crippen LogP contribution in [0.5, 0.6) is 0 Å². The van der Waals surface area contributed by atoms with E-state index in [9.17, 15) is 4.79 Å². The quantitative estimate of drug-likeness (QED) is 0.833. The summed E-state index contributed by atoms with van der Waals surface area (Å²) in [5.74, 6) is 0.383. The van der Waals surface area contributed by atoms with Gasteiger partial charge in [-0.3, -0.25) is 9.78 Å². The molecule has 1 amide bonds. The Labute approximate surface area is 140 Å². The average molecular weight is 314 g/mol. The molecular weight excluding hydrogens is 284 g/mol. The molecule has 1 atom stereocenters. The second kappa shape index (κ2) is 7.46. The molecule has 0 bridgehead atoms. The van der Waals surface area contributed by atoms with Gasteiger partial charge in [0, 0.05) is 17.3 Å². The number of carbonyl (C=O) groups excluding carboxylic acids is 1. The molecule has 1 N–H and O–H groups in total. The molecule has 2 aliphatic carbocycles. The zero-order valence-corrected chi connectivity index (χ0v) is 14.7. The molecule has 1 aromatic rings. The van der Waals surface area contributed by atoms with Gasteiger partial charge in [-0.2, -0.15) is 0 Å². The largest absolute Gasteiger partial charge is 0.325 e. The van der Waals surface area contributed by atoms with Crippen molar-refractivity contribution >= 4 is 11.6 Å². The van der Waals surface area contributed by atoms with E-state index in [1.54, 1.807) is 0 Å². The van der Waals surface area contributed by atoms with Crippen molar-refractivity contribution in [3.63, 3.8) is 0 Å². The highest BCUT2D eigenvalue weighted by atomic mass is 16.1. The van der Waals surface area contributed by atoms with Gasteiger partial charge in [0.15, 0.2) is 0 Å². The van der Waals surface area contributed by atoms with Gasteiger partial charge < -0.3 is 5.32 Å². The molecule has 0 fully saturated rings. The van der Waals surface area contributed by atoms with E-state index in [0.29, 0.717) is 0 Å². The number of nitrogens with one attached hydrogen (secondary N) is 1. The molecule has 3 heteroatoms. The molecule has 0 saturated carbocycles. The van der Waals surface area contributed by atoms with Gasteiger partial charge in [-0.25, -0.2) is 0 Å². The average Bonchev–Trinajstić information content (AvgIpc) is 3.03. The fourth-order valence-corrected chi connectivity index (χ4v) is 4.09. The molecule has 23 heavy (non-hydrogen) atoms. The van der Waals surface area contributed by atoms with Crippen molar-refractivity contribution in [1.29, 1.82) is 0 Å². The van der Waals surface area contributed by atoms with Crippen LogP contribution in [0, 0.1) is 5.92 Å². The SMILES string of the molecule is CCCC[C@@H](CC)C(=O)Nc1c2c(nc3c1CCC3)CCCC2. The number of aromatic nitrogens is 1. The topological polar surface area (TPSA) is 42.0 Å². The summed E-state index contributed by atoms with van der Waals surface area (Å²) in [4.78, 5) is 17.7. The Morgan fingerprint density at radius 3 is 2.39 bits per heavy atom. The molecule has 0 unspecified atom stereocenters. The molecule has 0 radical (unpaired) electrons. The fourth-order valence-electron chi connectivity index (χ4n) is 4.09. The van der Waals surface area contributed by atoms with Crippen molar-refractivity contribution < 1.29 is 4.79 Å². The zero-order chi connectivity index (χ0) is 16.2. The Bertz CT molecular complexity index is 579. The molecule has 0 aromatic carbocycles. The normalized spacial score (nSPS) is 17.5. The number of rotatable bonds is 6. The van der Waals surface area contributed by atoms with E-state index in [4.69, 9.17) is 4.98 Å². The number of hydrogen-bond donors (Lipinski definition) is 1. The van der Waals surface area contributed by atoms with E-state index in [1.165, 1.54) is 41.8 Å². The molecule has 3 rings (SSSR count). The van der Waals surface area contributed by atoms with Crippen molar-refractivity contribution in [3.05, 3.63) is 22.5 Å². The van der Waals surface area contributed by atoms with Gasteiger partial charge in [0.25, 0.3) is 0 Å².